The number of ether oxygens (including phenoxy) is 1. The quantitative estimate of drug-likeness (QED) is 0.246. The van der Waals surface area contributed by atoms with Crippen LogP contribution in [0.5, 0.6) is 5.75 Å². The number of fused-ring (bicyclic) bond motifs is 1. The van der Waals surface area contributed by atoms with Crippen molar-refractivity contribution < 1.29 is 17.5 Å². The molecular weight excluding hydrogens is 567 g/mol. The van der Waals surface area contributed by atoms with E-state index in [2.05, 4.69) is 32.1 Å². The molecule has 43 heavy (non-hydrogen) atoms. The van der Waals surface area contributed by atoms with E-state index in [-0.39, 0.29) is 17.3 Å². The molecule has 9 nitrogen and oxygen atoms in total. The summed E-state index contributed by atoms with van der Waals surface area (Å²) in [6, 6.07) is 17.0. The van der Waals surface area contributed by atoms with Crippen LogP contribution in [0.25, 0.3) is 28.0 Å². The number of hydrogen-bond acceptors (Lipinski definition) is 7. The van der Waals surface area contributed by atoms with Crippen LogP contribution in [0.3, 0.4) is 0 Å². The van der Waals surface area contributed by atoms with Crippen molar-refractivity contribution in [2.24, 2.45) is 0 Å². The van der Waals surface area contributed by atoms with Crippen LogP contribution in [0.1, 0.15) is 17.5 Å². The number of aryl methyl sites for hydroxylation is 1. The lowest BCUT2D eigenvalue weighted by Crippen LogP contribution is -2.40. The molecule has 1 saturated heterocycles. The van der Waals surface area contributed by atoms with Crippen LogP contribution in [-0.2, 0) is 22.8 Å². The molecule has 2 aromatic carbocycles. The fraction of sp³-hybridized carbons (Fsp3) is 0.312. The first-order valence-electron chi connectivity index (χ1n) is 14.4. The first-order chi connectivity index (χ1) is 20.8. The van der Waals surface area contributed by atoms with Crippen molar-refractivity contribution in [3.05, 3.63) is 90.1 Å². The molecule has 1 N–H and O–H groups in total. The van der Waals surface area contributed by atoms with Gasteiger partial charge in [0.2, 0.25) is 0 Å². The van der Waals surface area contributed by atoms with Crippen molar-refractivity contribution >= 4 is 26.6 Å². The van der Waals surface area contributed by atoms with Gasteiger partial charge in [-0.1, -0.05) is 18.2 Å². The Balaban J connectivity index is 1.29. The second kappa shape index (κ2) is 12.2. The Kier molecular flexibility index (Phi) is 8.18. The highest BCUT2D eigenvalue weighted by Gasteiger charge is 2.21. The fourth-order valence-corrected chi connectivity index (χ4v) is 6.83. The fourth-order valence-electron chi connectivity index (χ4n) is 5.55. The van der Waals surface area contributed by atoms with Crippen LogP contribution >= 0.6 is 0 Å². The summed E-state index contributed by atoms with van der Waals surface area (Å²) in [4.78, 5) is 7.24. The van der Waals surface area contributed by atoms with Gasteiger partial charge in [-0.2, -0.15) is 5.10 Å². The number of methoxy groups -OCH3 is 1. The SMILES string of the molecule is CNc1ccc(-c2ccc3c(CCCN4CCS(=O)(=O)CC4)cn(-c4cnn(Cc5ccc(OC)cc5)c4)c3n2)cc1F. The lowest BCUT2D eigenvalue weighted by atomic mass is 10.1. The largest absolute Gasteiger partial charge is 0.497 e. The lowest BCUT2D eigenvalue weighted by Gasteiger charge is -2.26. The molecule has 0 saturated carbocycles. The van der Waals surface area contributed by atoms with Crippen molar-refractivity contribution in [2.75, 3.05) is 50.6 Å². The smallest absolute Gasteiger partial charge is 0.152 e. The number of anilines is 1. The number of nitrogens with zero attached hydrogens (tertiary/aromatic N) is 5. The maximum absolute atomic E-state index is 14.6. The average molecular weight is 603 g/mol. The number of nitrogens with one attached hydrogen (secondary N) is 1. The Morgan fingerprint density at radius 1 is 1.02 bits per heavy atom. The van der Waals surface area contributed by atoms with Crippen molar-refractivity contribution in [3.8, 4) is 22.7 Å². The summed E-state index contributed by atoms with van der Waals surface area (Å²) >= 11 is 0. The van der Waals surface area contributed by atoms with Crippen LogP contribution in [0.2, 0.25) is 0 Å². The number of pyridine rings is 1. The topological polar surface area (TPSA) is 94.3 Å². The second-order valence-electron chi connectivity index (χ2n) is 10.9. The number of sulfone groups is 1. The zero-order valence-electron chi connectivity index (χ0n) is 24.3. The Bertz CT molecular complexity index is 1840. The van der Waals surface area contributed by atoms with Crippen LogP contribution in [0, 0.1) is 5.82 Å². The van der Waals surface area contributed by atoms with Crippen LogP contribution in [0.15, 0.2) is 73.2 Å². The molecule has 4 heterocycles. The number of rotatable bonds is 10. The number of hydrogen-bond donors (Lipinski definition) is 1. The number of benzene rings is 2. The van der Waals surface area contributed by atoms with Crippen LogP contribution in [-0.4, -0.2) is 77.9 Å². The molecule has 1 aliphatic rings. The van der Waals surface area contributed by atoms with E-state index in [1.165, 1.54) is 6.07 Å². The summed E-state index contributed by atoms with van der Waals surface area (Å²) in [5, 5.41) is 8.51. The summed E-state index contributed by atoms with van der Waals surface area (Å²) in [6.45, 7) is 2.62. The Labute approximate surface area is 250 Å². The number of halogens is 1. The van der Waals surface area contributed by atoms with Gasteiger partial charge in [0, 0.05) is 43.5 Å². The Hall–Kier alpha value is -4.22. The molecule has 0 spiro atoms. The Morgan fingerprint density at radius 3 is 2.53 bits per heavy atom. The molecule has 6 rings (SSSR count). The van der Waals surface area contributed by atoms with Crippen LogP contribution in [0.4, 0.5) is 10.1 Å². The van der Waals surface area contributed by atoms with E-state index in [9.17, 15) is 12.8 Å². The molecule has 0 radical (unpaired) electrons. The van der Waals surface area contributed by atoms with Gasteiger partial charge in [-0.3, -0.25) is 9.25 Å². The van der Waals surface area contributed by atoms with E-state index in [0.29, 0.717) is 36.6 Å². The molecule has 0 atom stereocenters. The predicted octanol–water partition coefficient (Wildman–Crippen LogP) is 4.79. The van der Waals surface area contributed by atoms with E-state index < -0.39 is 9.84 Å². The summed E-state index contributed by atoms with van der Waals surface area (Å²) < 4.78 is 47.5. The average Bonchev–Trinajstić information content (AvgIpc) is 3.62. The van der Waals surface area contributed by atoms with Gasteiger partial charge in [0.15, 0.2) is 9.84 Å². The summed E-state index contributed by atoms with van der Waals surface area (Å²) in [5.74, 6) is 0.942. The third-order valence-electron chi connectivity index (χ3n) is 8.03. The molecule has 5 aromatic rings. The first-order valence-corrected chi connectivity index (χ1v) is 16.2. The maximum Gasteiger partial charge on any atom is 0.152 e. The zero-order valence-corrected chi connectivity index (χ0v) is 25.1. The van der Waals surface area contributed by atoms with Gasteiger partial charge in [0.1, 0.15) is 17.2 Å². The van der Waals surface area contributed by atoms with Gasteiger partial charge in [-0.05, 0) is 66.9 Å². The lowest BCUT2D eigenvalue weighted by molar-refractivity contribution is 0.292. The number of aromatic nitrogens is 4. The third-order valence-corrected chi connectivity index (χ3v) is 9.64. The highest BCUT2D eigenvalue weighted by molar-refractivity contribution is 7.91. The van der Waals surface area contributed by atoms with Crippen LogP contribution < -0.4 is 10.1 Å². The molecular formula is C32H35FN6O3S. The zero-order chi connectivity index (χ0) is 30.0. The standard InChI is InChI=1S/C32H35FN6O3S/c1-34-31-11-7-24(18-29(31)33)30-12-10-28-25(4-3-13-37-14-16-43(40,41)17-15-37)21-39(32(28)36-30)26-19-35-38(22-26)20-23-5-8-27(42-2)9-6-23/h5-12,18-19,21-22,34H,3-4,13-17,20H2,1-2H3. The summed E-state index contributed by atoms with van der Waals surface area (Å²) in [6.07, 6.45) is 7.66. The van der Waals surface area contributed by atoms with Gasteiger partial charge in [0.25, 0.3) is 0 Å². The normalized spacial score (nSPS) is 15.1. The maximum atomic E-state index is 14.6. The first kappa shape index (κ1) is 28.9. The molecule has 224 valence electrons. The minimum atomic E-state index is -2.90. The van der Waals surface area contributed by atoms with Crippen molar-refractivity contribution in [2.45, 2.75) is 19.4 Å². The summed E-state index contributed by atoms with van der Waals surface area (Å²) in [5.41, 5.74) is 5.73. The molecule has 0 bridgehead atoms. The van der Waals surface area contributed by atoms with E-state index >= 15 is 0 Å². The molecule has 3 aromatic heterocycles. The second-order valence-corrected chi connectivity index (χ2v) is 13.2. The van der Waals surface area contributed by atoms with Gasteiger partial charge in [-0.15, -0.1) is 0 Å². The van der Waals surface area contributed by atoms with Crippen molar-refractivity contribution in [3.63, 3.8) is 0 Å². The van der Waals surface area contributed by atoms with E-state index in [4.69, 9.17) is 9.72 Å². The molecule has 0 unspecified atom stereocenters. The minimum absolute atomic E-state index is 0.232. The van der Waals surface area contributed by atoms with E-state index in [0.717, 1.165) is 53.0 Å². The Morgan fingerprint density at radius 2 is 1.81 bits per heavy atom. The van der Waals surface area contributed by atoms with Gasteiger partial charge in [0.05, 0.1) is 48.4 Å². The third kappa shape index (κ3) is 6.42. The van der Waals surface area contributed by atoms with Gasteiger partial charge in [-0.25, -0.2) is 17.8 Å². The van der Waals surface area contributed by atoms with Crippen molar-refractivity contribution in [1.82, 2.24) is 24.2 Å². The summed E-state index contributed by atoms with van der Waals surface area (Å²) in [7, 11) is 0.446. The molecule has 0 amide bonds. The van der Waals surface area contributed by atoms with E-state index in [1.54, 1.807) is 20.2 Å². The molecule has 11 heteroatoms. The predicted molar refractivity (Wildman–Crippen MR) is 167 cm³/mol. The molecule has 1 aliphatic heterocycles. The van der Waals surface area contributed by atoms with Crippen molar-refractivity contribution in [1.29, 1.82) is 0 Å². The molecule has 0 aliphatic carbocycles. The molecule has 1 fully saturated rings. The minimum Gasteiger partial charge on any atom is -0.497 e. The highest BCUT2D eigenvalue weighted by atomic mass is 32.2. The highest BCUT2D eigenvalue weighted by Crippen LogP contribution is 2.29. The monoisotopic (exact) mass is 602 g/mol. The van der Waals surface area contributed by atoms with Gasteiger partial charge < -0.3 is 15.0 Å². The van der Waals surface area contributed by atoms with Gasteiger partial charge >= 0.3 is 0 Å². The van der Waals surface area contributed by atoms with E-state index in [1.807, 2.05) is 53.5 Å².